The van der Waals surface area contributed by atoms with Crippen LogP contribution >= 0.6 is 0 Å². The van der Waals surface area contributed by atoms with Crippen LogP contribution in [0.4, 0.5) is 4.39 Å². The predicted molar refractivity (Wildman–Crippen MR) is 128 cm³/mol. The smallest absolute Gasteiger partial charge is 0.270 e. The van der Waals surface area contributed by atoms with Gasteiger partial charge in [0.15, 0.2) is 0 Å². The molecule has 34 heavy (non-hydrogen) atoms. The van der Waals surface area contributed by atoms with E-state index in [2.05, 4.69) is 27.1 Å². The summed E-state index contributed by atoms with van der Waals surface area (Å²) in [5.74, 6) is 4.74. The molecule has 0 aliphatic carbocycles. The molecule has 2 aromatic heterocycles. The lowest BCUT2D eigenvalue weighted by molar-refractivity contribution is 0.0936. The number of nitrogens with zero attached hydrogens (tertiary/aromatic N) is 1. The number of aryl methyl sites for hydroxylation is 1. The summed E-state index contributed by atoms with van der Waals surface area (Å²) in [5, 5.41) is 14.3. The molecular weight excluding hydrogens is 433 g/mol. The van der Waals surface area contributed by atoms with E-state index in [1.165, 1.54) is 12.1 Å². The van der Waals surface area contributed by atoms with Gasteiger partial charge in [0.1, 0.15) is 23.9 Å². The van der Waals surface area contributed by atoms with Crippen LogP contribution in [0.5, 0.6) is 5.75 Å². The van der Waals surface area contributed by atoms with Crippen LogP contribution in [-0.2, 0) is 4.74 Å². The van der Waals surface area contributed by atoms with Gasteiger partial charge in [0.25, 0.3) is 5.91 Å². The number of fused-ring (bicyclic) bond motifs is 1. The number of H-pyrrole nitrogens is 1. The SMILES string of the molecule is CCOCC#Cc1cc(C)nc(C(=O)NC(c2cc3ccccc3[nH]2)c2cc(F)ccc2O)c1. The second-order valence-corrected chi connectivity index (χ2v) is 7.74. The number of nitrogens with one attached hydrogen (secondary N) is 2. The van der Waals surface area contributed by atoms with E-state index in [9.17, 15) is 14.3 Å². The van der Waals surface area contributed by atoms with E-state index in [1.54, 1.807) is 19.1 Å². The van der Waals surface area contributed by atoms with Gasteiger partial charge in [-0.15, -0.1) is 0 Å². The Morgan fingerprint density at radius 3 is 2.82 bits per heavy atom. The van der Waals surface area contributed by atoms with E-state index in [0.29, 0.717) is 30.2 Å². The zero-order valence-electron chi connectivity index (χ0n) is 18.9. The maximum Gasteiger partial charge on any atom is 0.270 e. The molecule has 2 heterocycles. The van der Waals surface area contributed by atoms with Crippen LogP contribution in [0.25, 0.3) is 10.9 Å². The van der Waals surface area contributed by atoms with Gasteiger partial charge in [-0.2, -0.15) is 0 Å². The van der Waals surface area contributed by atoms with Crippen LogP contribution in [0.1, 0.15) is 46.0 Å². The Labute approximate surface area is 196 Å². The van der Waals surface area contributed by atoms with Crippen molar-refractivity contribution in [2.24, 2.45) is 0 Å². The minimum Gasteiger partial charge on any atom is -0.508 e. The maximum atomic E-state index is 14.1. The zero-order chi connectivity index (χ0) is 24.1. The second kappa shape index (κ2) is 10.2. The van der Waals surface area contributed by atoms with Gasteiger partial charge in [0, 0.05) is 34.6 Å². The molecule has 0 bridgehead atoms. The van der Waals surface area contributed by atoms with E-state index in [0.717, 1.165) is 17.0 Å². The first kappa shape index (κ1) is 23.0. The third-order valence-electron chi connectivity index (χ3n) is 5.23. The summed E-state index contributed by atoms with van der Waals surface area (Å²) in [6.07, 6.45) is 0. The Kier molecular flexibility index (Phi) is 6.90. The first-order chi connectivity index (χ1) is 16.4. The van der Waals surface area contributed by atoms with Crippen molar-refractivity contribution in [3.63, 3.8) is 0 Å². The van der Waals surface area contributed by atoms with Crippen molar-refractivity contribution >= 4 is 16.8 Å². The fraction of sp³-hybridized carbons (Fsp3) is 0.185. The van der Waals surface area contributed by atoms with Crippen LogP contribution < -0.4 is 5.32 Å². The Morgan fingerprint density at radius 1 is 1.21 bits per heavy atom. The van der Waals surface area contributed by atoms with Gasteiger partial charge >= 0.3 is 0 Å². The average Bonchev–Trinajstić information content (AvgIpc) is 3.25. The van der Waals surface area contributed by atoms with Crippen LogP contribution in [-0.4, -0.2) is 34.2 Å². The fourth-order valence-electron chi connectivity index (χ4n) is 3.68. The largest absolute Gasteiger partial charge is 0.508 e. The molecule has 6 nitrogen and oxygen atoms in total. The summed E-state index contributed by atoms with van der Waals surface area (Å²) < 4.78 is 19.3. The normalized spacial score (nSPS) is 11.6. The highest BCUT2D eigenvalue weighted by Crippen LogP contribution is 2.31. The molecule has 4 aromatic rings. The number of halogens is 1. The average molecular weight is 458 g/mol. The minimum atomic E-state index is -0.842. The zero-order valence-corrected chi connectivity index (χ0v) is 18.9. The first-order valence-electron chi connectivity index (χ1n) is 10.9. The van der Waals surface area contributed by atoms with E-state index in [4.69, 9.17) is 4.74 Å². The second-order valence-electron chi connectivity index (χ2n) is 7.74. The Hall–Kier alpha value is -4.15. The molecule has 0 saturated heterocycles. The van der Waals surface area contributed by atoms with Crippen molar-refractivity contribution in [1.29, 1.82) is 0 Å². The number of aromatic amines is 1. The first-order valence-corrected chi connectivity index (χ1v) is 10.9. The van der Waals surface area contributed by atoms with Crippen molar-refractivity contribution < 1.29 is 19.0 Å². The van der Waals surface area contributed by atoms with Gasteiger partial charge in [-0.1, -0.05) is 30.0 Å². The van der Waals surface area contributed by atoms with Gasteiger partial charge in [-0.25, -0.2) is 9.37 Å². The number of phenols is 1. The molecule has 0 fully saturated rings. The number of aromatic hydroxyl groups is 1. The lowest BCUT2D eigenvalue weighted by atomic mass is 10.0. The van der Waals surface area contributed by atoms with Gasteiger partial charge < -0.3 is 20.1 Å². The predicted octanol–water partition coefficient (Wildman–Crippen LogP) is 4.62. The molecule has 0 aliphatic rings. The van der Waals surface area contributed by atoms with Gasteiger partial charge in [0.05, 0.1) is 6.04 Å². The summed E-state index contributed by atoms with van der Waals surface area (Å²) in [5.41, 5.74) is 3.10. The van der Waals surface area contributed by atoms with Crippen molar-refractivity contribution in [3.05, 3.63) is 94.7 Å². The molecule has 1 amide bonds. The van der Waals surface area contributed by atoms with Crippen molar-refractivity contribution in [3.8, 4) is 17.6 Å². The molecule has 0 aliphatic heterocycles. The number of amides is 1. The Morgan fingerprint density at radius 2 is 2.03 bits per heavy atom. The summed E-state index contributed by atoms with van der Waals surface area (Å²) >= 11 is 0. The maximum absolute atomic E-state index is 14.1. The lowest BCUT2D eigenvalue weighted by Gasteiger charge is -2.19. The highest BCUT2D eigenvalue weighted by atomic mass is 19.1. The number of carbonyl (C=O) groups excluding carboxylic acids is 1. The van der Waals surface area contributed by atoms with E-state index >= 15 is 0 Å². The summed E-state index contributed by atoms with van der Waals surface area (Å²) in [7, 11) is 0. The van der Waals surface area contributed by atoms with E-state index in [1.807, 2.05) is 37.3 Å². The quantitative estimate of drug-likeness (QED) is 0.291. The molecule has 0 spiro atoms. The Balaban J connectivity index is 1.70. The van der Waals surface area contributed by atoms with Crippen LogP contribution in [0, 0.1) is 24.6 Å². The number of pyridine rings is 1. The number of benzene rings is 2. The van der Waals surface area contributed by atoms with Crippen molar-refractivity contribution in [2.75, 3.05) is 13.2 Å². The highest BCUT2D eigenvalue weighted by molar-refractivity contribution is 5.93. The van der Waals surface area contributed by atoms with Crippen molar-refractivity contribution in [2.45, 2.75) is 19.9 Å². The molecule has 1 unspecified atom stereocenters. The molecule has 3 N–H and O–H groups in total. The van der Waals surface area contributed by atoms with Crippen LogP contribution in [0.2, 0.25) is 0 Å². The molecule has 0 saturated carbocycles. The minimum absolute atomic E-state index is 0.134. The molecule has 0 radical (unpaired) electrons. The fourth-order valence-corrected chi connectivity index (χ4v) is 3.68. The topological polar surface area (TPSA) is 87.2 Å². The van der Waals surface area contributed by atoms with Gasteiger partial charge in [-0.3, -0.25) is 4.79 Å². The third-order valence-corrected chi connectivity index (χ3v) is 5.23. The molecule has 4 rings (SSSR count). The van der Waals surface area contributed by atoms with Crippen LogP contribution in [0.3, 0.4) is 0 Å². The number of phenolic OH excluding ortho intramolecular Hbond substituents is 1. The number of carbonyl (C=O) groups is 1. The van der Waals surface area contributed by atoms with Gasteiger partial charge in [0.2, 0.25) is 0 Å². The molecule has 1 atom stereocenters. The van der Waals surface area contributed by atoms with Crippen molar-refractivity contribution in [1.82, 2.24) is 15.3 Å². The molecule has 2 aromatic carbocycles. The number of hydrogen-bond acceptors (Lipinski definition) is 4. The number of ether oxygens (including phenoxy) is 1. The summed E-state index contributed by atoms with van der Waals surface area (Å²) in [6, 6.07) is 15.6. The lowest BCUT2D eigenvalue weighted by Crippen LogP contribution is -2.30. The molecular formula is C27H24FN3O3. The summed E-state index contributed by atoms with van der Waals surface area (Å²) in [6.45, 7) is 4.53. The highest BCUT2D eigenvalue weighted by Gasteiger charge is 2.24. The Bertz CT molecular complexity index is 1370. The standard InChI is InChI=1S/C27H24FN3O3/c1-3-34-12-6-7-18-13-17(2)29-24(14-18)27(33)31-26(21-16-20(28)10-11-25(21)32)23-15-19-8-4-5-9-22(19)30-23/h4-5,8-11,13-16,26,30,32H,3,12H2,1-2H3,(H,31,33). The van der Waals surface area contributed by atoms with Gasteiger partial charge in [-0.05, 0) is 61.7 Å². The number of para-hydroxylation sites is 1. The van der Waals surface area contributed by atoms with E-state index in [-0.39, 0.29) is 17.0 Å². The molecule has 172 valence electrons. The van der Waals surface area contributed by atoms with Crippen LogP contribution in [0.15, 0.2) is 60.7 Å². The third kappa shape index (κ3) is 5.25. The number of rotatable bonds is 6. The monoisotopic (exact) mass is 457 g/mol. The summed E-state index contributed by atoms with van der Waals surface area (Å²) in [4.78, 5) is 20.9. The number of hydrogen-bond donors (Lipinski definition) is 3. The number of aromatic nitrogens is 2. The van der Waals surface area contributed by atoms with E-state index < -0.39 is 17.8 Å². The molecule has 7 heteroatoms.